The first-order chi connectivity index (χ1) is 9.61. The molecule has 0 aromatic heterocycles. The van der Waals surface area contributed by atoms with Gasteiger partial charge in [-0.2, -0.15) is 5.26 Å². The van der Waals surface area contributed by atoms with E-state index in [1.54, 1.807) is 11.0 Å². The topological polar surface area (TPSA) is 56.1 Å². The van der Waals surface area contributed by atoms with Crippen molar-refractivity contribution in [1.82, 2.24) is 4.90 Å². The van der Waals surface area contributed by atoms with Crippen LogP contribution < -0.4 is 5.32 Å². The normalized spacial score (nSPS) is 14.8. The first-order valence-electron chi connectivity index (χ1n) is 6.52. The molecule has 0 radical (unpaired) electrons. The number of piperidine rings is 1. The summed E-state index contributed by atoms with van der Waals surface area (Å²) in [7, 11) is 0. The number of halogens is 2. The van der Waals surface area contributed by atoms with E-state index < -0.39 is 11.6 Å². The lowest BCUT2D eigenvalue weighted by Gasteiger charge is -2.27. The monoisotopic (exact) mass is 279 g/mol. The molecule has 20 heavy (non-hydrogen) atoms. The molecule has 1 heterocycles. The fraction of sp³-hybridized carbons (Fsp3) is 0.429. The van der Waals surface area contributed by atoms with Gasteiger partial charge in [0.2, 0.25) is 5.91 Å². The van der Waals surface area contributed by atoms with Gasteiger partial charge in [-0.3, -0.25) is 4.79 Å². The van der Waals surface area contributed by atoms with E-state index in [4.69, 9.17) is 5.26 Å². The number of anilines is 1. The summed E-state index contributed by atoms with van der Waals surface area (Å²) in [6.07, 6.45) is 3.03. The Morgan fingerprint density at radius 3 is 2.40 bits per heavy atom. The molecule has 1 amide bonds. The lowest BCUT2D eigenvalue weighted by atomic mass is 10.1. The molecule has 1 N–H and O–H groups in total. The summed E-state index contributed by atoms with van der Waals surface area (Å²) in [5.74, 6) is -1.91. The number of nitriles is 1. The molecule has 1 saturated heterocycles. The molecule has 6 heteroatoms. The quantitative estimate of drug-likeness (QED) is 0.923. The summed E-state index contributed by atoms with van der Waals surface area (Å²) in [4.78, 5) is 13.6. The average Bonchev–Trinajstić information content (AvgIpc) is 2.46. The van der Waals surface area contributed by atoms with Crippen LogP contribution in [0.2, 0.25) is 0 Å². The van der Waals surface area contributed by atoms with Crippen LogP contribution in [0.3, 0.4) is 0 Å². The number of carbonyl (C=O) groups excluding carboxylic acids is 1. The van der Waals surface area contributed by atoms with Gasteiger partial charge in [0.05, 0.1) is 18.2 Å². The number of nitrogens with zero attached hydrogens (tertiary/aromatic N) is 2. The zero-order valence-corrected chi connectivity index (χ0v) is 11.0. The molecule has 0 saturated carbocycles. The van der Waals surface area contributed by atoms with E-state index in [0.29, 0.717) is 13.1 Å². The molecule has 0 spiro atoms. The fourth-order valence-corrected chi connectivity index (χ4v) is 2.23. The highest BCUT2D eigenvalue weighted by Gasteiger charge is 2.18. The second-order valence-corrected chi connectivity index (χ2v) is 4.72. The van der Waals surface area contributed by atoms with Crippen LogP contribution >= 0.6 is 0 Å². The maximum atomic E-state index is 13.6. The summed E-state index contributed by atoms with van der Waals surface area (Å²) >= 11 is 0. The zero-order chi connectivity index (χ0) is 14.5. The number of likely N-dealkylation sites (tertiary alicyclic amines) is 1. The van der Waals surface area contributed by atoms with E-state index in [-0.39, 0.29) is 23.7 Å². The van der Waals surface area contributed by atoms with Crippen molar-refractivity contribution in [1.29, 1.82) is 5.26 Å². The maximum Gasteiger partial charge on any atom is 0.241 e. The van der Waals surface area contributed by atoms with Crippen molar-refractivity contribution in [3.05, 3.63) is 29.3 Å². The highest BCUT2D eigenvalue weighted by Crippen LogP contribution is 2.20. The molecule has 1 fully saturated rings. The molecular weight excluding hydrogens is 264 g/mol. The van der Waals surface area contributed by atoms with Gasteiger partial charge < -0.3 is 10.2 Å². The first-order valence-corrected chi connectivity index (χ1v) is 6.52. The smallest absolute Gasteiger partial charge is 0.241 e. The van der Waals surface area contributed by atoms with Gasteiger partial charge in [-0.25, -0.2) is 8.78 Å². The van der Waals surface area contributed by atoms with Crippen molar-refractivity contribution < 1.29 is 13.6 Å². The van der Waals surface area contributed by atoms with Crippen molar-refractivity contribution in [2.75, 3.05) is 25.0 Å². The van der Waals surface area contributed by atoms with Crippen LogP contribution in [0.5, 0.6) is 0 Å². The molecule has 0 aliphatic carbocycles. The highest BCUT2D eigenvalue weighted by atomic mass is 19.1. The number of nitrogens with one attached hydrogen (secondary N) is 1. The third kappa shape index (κ3) is 3.23. The van der Waals surface area contributed by atoms with Gasteiger partial charge in [0.15, 0.2) is 11.6 Å². The van der Waals surface area contributed by atoms with Gasteiger partial charge in [-0.1, -0.05) is 0 Å². The molecule has 1 aromatic carbocycles. The molecule has 0 bridgehead atoms. The van der Waals surface area contributed by atoms with Crippen molar-refractivity contribution in [3.8, 4) is 6.07 Å². The SMILES string of the molecule is N#Cc1cc(F)c(NCC(=O)N2CCCCC2)c(F)c1. The predicted molar refractivity (Wildman–Crippen MR) is 70.0 cm³/mol. The fourth-order valence-electron chi connectivity index (χ4n) is 2.23. The molecule has 2 rings (SSSR count). The largest absolute Gasteiger partial charge is 0.371 e. The summed E-state index contributed by atoms with van der Waals surface area (Å²) in [5, 5.41) is 11.1. The number of benzene rings is 1. The summed E-state index contributed by atoms with van der Waals surface area (Å²) in [6, 6.07) is 3.55. The number of rotatable bonds is 3. The van der Waals surface area contributed by atoms with Gasteiger partial charge in [0, 0.05) is 13.1 Å². The second-order valence-electron chi connectivity index (χ2n) is 4.72. The van der Waals surface area contributed by atoms with Crippen LogP contribution in [0.1, 0.15) is 24.8 Å². The summed E-state index contributed by atoms with van der Waals surface area (Å²) in [6.45, 7) is 1.23. The number of amides is 1. The van der Waals surface area contributed by atoms with Crippen LogP contribution in [-0.2, 0) is 4.79 Å². The summed E-state index contributed by atoms with van der Waals surface area (Å²) < 4.78 is 27.2. The number of hydrogen-bond acceptors (Lipinski definition) is 3. The van der Waals surface area contributed by atoms with E-state index >= 15 is 0 Å². The van der Waals surface area contributed by atoms with Gasteiger partial charge in [-0.05, 0) is 31.4 Å². The lowest BCUT2D eigenvalue weighted by Crippen LogP contribution is -2.39. The number of carbonyl (C=O) groups is 1. The molecule has 1 aliphatic heterocycles. The first kappa shape index (κ1) is 14.3. The van der Waals surface area contributed by atoms with Crippen LogP contribution in [0.25, 0.3) is 0 Å². The van der Waals surface area contributed by atoms with Crippen molar-refractivity contribution in [2.45, 2.75) is 19.3 Å². The van der Waals surface area contributed by atoms with E-state index in [9.17, 15) is 13.6 Å². The molecule has 1 aromatic rings. The molecule has 4 nitrogen and oxygen atoms in total. The highest BCUT2D eigenvalue weighted by molar-refractivity contribution is 5.81. The number of hydrogen-bond donors (Lipinski definition) is 1. The van der Waals surface area contributed by atoms with Crippen LogP contribution in [-0.4, -0.2) is 30.4 Å². The van der Waals surface area contributed by atoms with Crippen molar-refractivity contribution >= 4 is 11.6 Å². The minimum Gasteiger partial charge on any atom is -0.371 e. The Hall–Kier alpha value is -2.16. The molecule has 106 valence electrons. The predicted octanol–water partition coefficient (Wildman–Crippen LogP) is 2.26. The van der Waals surface area contributed by atoms with E-state index in [1.165, 1.54) is 0 Å². The van der Waals surface area contributed by atoms with Gasteiger partial charge >= 0.3 is 0 Å². The van der Waals surface area contributed by atoms with Gasteiger partial charge in [0.25, 0.3) is 0 Å². The molecule has 0 atom stereocenters. The minimum atomic E-state index is -0.868. The Balaban J connectivity index is 2.00. The third-order valence-electron chi connectivity index (χ3n) is 3.30. The van der Waals surface area contributed by atoms with Crippen molar-refractivity contribution in [3.63, 3.8) is 0 Å². The average molecular weight is 279 g/mol. The lowest BCUT2D eigenvalue weighted by molar-refractivity contribution is -0.130. The molecule has 1 aliphatic rings. The second kappa shape index (κ2) is 6.33. The molecule has 0 unspecified atom stereocenters. The van der Waals surface area contributed by atoms with Gasteiger partial charge in [0.1, 0.15) is 5.69 Å². The Morgan fingerprint density at radius 2 is 1.85 bits per heavy atom. The molecular formula is C14H15F2N3O. The summed E-state index contributed by atoms with van der Waals surface area (Å²) in [5.41, 5.74) is -0.456. The van der Waals surface area contributed by atoms with Crippen LogP contribution in [0, 0.1) is 23.0 Å². The standard InChI is InChI=1S/C14H15F2N3O/c15-11-6-10(8-17)7-12(16)14(11)18-9-13(20)19-4-2-1-3-5-19/h6-7,18H,1-5,9H2. The van der Waals surface area contributed by atoms with Crippen molar-refractivity contribution in [2.24, 2.45) is 0 Å². The van der Waals surface area contributed by atoms with E-state index in [0.717, 1.165) is 31.4 Å². The van der Waals surface area contributed by atoms with E-state index in [1.807, 2.05) is 0 Å². The minimum absolute atomic E-state index is 0.0899. The van der Waals surface area contributed by atoms with Gasteiger partial charge in [-0.15, -0.1) is 0 Å². The Kier molecular flexibility index (Phi) is 4.51. The third-order valence-corrected chi connectivity index (χ3v) is 3.30. The zero-order valence-electron chi connectivity index (χ0n) is 11.0. The maximum absolute atomic E-state index is 13.6. The Morgan fingerprint density at radius 1 is 1.25 bits per heavy atom. The Labute approximate surface area is 116 Å². The van der Waals surface area contributed by atoms with Crippen LogP contribution in [0.15, 0.2) is 12.1 Å². The van der Waals surface area contributed by atoms with Crippen LogP contribution in [0.4, 0.5) is 14.5 Å². The Bertz CT molecular complexity index is 525. The van der Waals surface area contributed by atoms with E-state index in [2.05, 4.69) is 5.32 Å².